The van der Waals surface area contributed by atoms with E-state index in [9.17, 15) is 0 Å². The third kappa shape index (κ3) is 2.38. The molecular weight excluding hydrogens is 236 g/mol. The molecule has 3 N–H and O–H groups in total. The number of pyridine rings is 1. The Labute approximate surface area is 114 Å². The van der Waals surface area contributed by atoms with Gasteiger partial charge in [-0.1, -0.05) is 25.8 Å². The third-order valence-electron chi connectivity index (χ3n) is 4.50. The molecule has 0 saturated heterocycles. The Balaban J connectivity index is 1.89. The van der Waals surface area contributed by atoms with Crippen molar-refractivity contribution in [2.75, 3.05) is 0 Å². The molecule has 1 saturated carbocycles. The van der Waals surface area contributed by atoms with E-state index in [0.717, 1.165) is 11.4 Å². The van der Waals surface area contributed by atoms with Crippen LogP contribution in [0.3, 0.4) is 0 Å². The highest BCUT2D eigenvalue weighted by molar-refractivity contribution is 5.55. The van der Waals surface area contributed by atoms with E-state index in [1.54, 1.807) is 0 Å². The van der Waals surface area contributed by atoms with Gasteiger partial charge in [0.1, 0.15) is 0 Å². The number of fused-ring (bicyclic) bond motifs is 1. The van der Waals surface area contributed by atoms with Crippen molar-refractivity contribution < 1.29 is 0 Å². The van der Waals surface area contributed by atoms with Crippen LogP contribution in [0.4, 0.5) is 0 Å². The lowest BCUT2D eigenvalue weighted by molar-refractivity contribution is 0.233. The summed E-state index contributed by atoms with van der Waals surface area (Å²) in [5.74, 6) is 7.31. The van der Waals surface area contributed by atoms with Crippen molar-refractivity contribution in [2.24, 2.45) is 17.7 Å². The molecule has 1 unspecified atom stereocenters. The minimum absolute atomic E-state index is 0.215. The van der Waals surface area contributed by atoms with Crippen molar-refractivity contribution in [3.05, 3.63) is 36.2 Å². The van der Waals surface area contributed by atoms with Gasteiger partial charge in [0.05, 0.1) is 17.8 Å². The number of nitrogens with one attached hydrogen (secondary N) is 1. The quantitative estimate of drug-likeness (QED) is 0.657. The zero-order chi connectivity index (χ0) is 13.2. The topological polar surface area (TPSA) is 55.3 Å². The van der Waals surface area contributed by atoms with E-state index >= 15 is 0 Å². The van der Waals surface area contributed by atoms with Crippen LogP contribution in [-0.4, -0.2) is 9.61 Å². The van der Waals surface area contributed by atoms with Crippen molar-refractivity contribution in [1.82, 2.24) is 15.0 Å². The van der Waals surface area contributed by atoms with Crippen LogP contribution in [0.25, 0.3) is 5.52 Å². The molecule has 4 heteroatoms. The smallest absolute Gasteiger partial charge is 0.0710 e. The lowest BCUT2D eigenvalue weighted by Gasteiger charge is -2.32. The monoisotopic (exact) mass is 258 g/mol. The number of nitrogens with two attached hydrogens (primary N) is 1. The summed E-state index contributed by atoms with van der Waals surface area (Å²) >= 11 is 0. The van der Waals surface area contributed by atoms with E-state index in [0.29, 0.717) is 5.92 Å². The van der Waals surface area contributed by atoms with Gasteiger partial charge in [-0.05, 0) is 36.8 Å². The molecule has 4 nitrogen and oxygen atoms in total. The first-order valence-corrected chi connectivity index (χ1v) is 7.18. The number of hydrogen-bond acceptors (Lipinski definition) is 3. The highest BCUT2D eigenvalue weighted by Gasteiger charge is 2.28. The zero-order valence-corrected chi connectivity index (χ0v) is 11.4. The summed E-state index contributed by atoms with van der Waals surface area (Å²) < 4.78 is 1.92. The number of hydrogen-bond donors (Lipinski definition) is 2. The predicted molar refractivity (Wildman–Crippen MR) is 76.4 cm³/mol. The van der Waals surface area contributed by atoms with Crippen LogP contribution in [0.2, 0.25) is 0 Å². The van der Waals surface area contributed by atoms with Gasteiger partial charge in [-0.2, -0.15) is 5.10 Å². The summed E-state index contributed by atoms with van der Waals surface area (Å²) in [4.78, 5) is 0. The first kappa shape index (κ1) is 12.6. The molecule has 3 rings (SSSR count). The minimum atomic E-state index is 0.215. The van der Waals surface area contributed by atoms with Crippen LogP contribution in [0.1, 0.15) is 44.2 Å². The van der Waals surface area contributed by atoms with Gasteiger partial charge in [0.2, 0.25) is 0 Å². The van der Waals surface area contributed by atoms with Crippen molar-refractivity contribution in [3.63, 3.8) is 0 Å². The number of hydrazine groups is 1. The summed E-state index contributed by atoms with van der Waals surface area (Å²) in [5, 5.41) is 4.42. The molecule has 19 heavy (non-hydrogen) atoms. The molecule has 1 fully saturated rings. The maximum atomic E-state index is 5.83. The van der Waals surface area contributed by atoms with E-state index in [1.807, 2.05) is 23.0 Å². The van der Waals surface area contributed by atoms with Gasteiger partial charge in [-0.3, -0.25) is 11.3 Å². The Morgan fingerprint density at radius 2 is 2.11 bits per heavy atom. The van der Waals surface area contributed by atoms with Crippen LogP contribution >= 0.6 is 0 Å². The van der Waals surface area contributed by atoms with Gasteiger partial charge in [0.25, 0.3) is 0 Å². The third-order valence-corrected chi connectivity index (χ3v) is 4.50. The highest BCUT2D eigenvalue weighted by Crippen LogP contribution is 2.37. The van der Waals surface area contributed by atoms with Gasteiger partial charge in [-0.25, -0.2) is 4.52 Å². The lowest BCUT2D eigenvalue weighted by atomic mass is 9.78. The second-order valence-electron chi connectivity index (χ2n) is 5.79. The second-order valence-corrected chi connectivity index (χ2v) is 5.79. The average molecular weight is 258 g/mol. The fraction of sp³-hybridized carbons (Fsp3) is 0.533. The van der Waals surface area contributed by atoms with Gasteiger partial charge in [0, 0.05) is 11.8 Å². The van der Waals surface area contributed by atoms with Gasteiger partial charge < -0.3 is 0 Å². The number of rotatable bonds is 3. The van der Waals surface area contributed by atoms with E-state index in [-0.39, 0.29) is 6.04 Å². The molecule has 0 spiro atoms. The maximum absolute atomic E-state index is 5.83. The van der Waals surface area contributed by atoms with E-state index in [4.69, 9.17) is 5.84 Å². The second kappa shape index (κ2) is 5.31. The van der Waals surface area contributed by atoms with Crippen LogP contribution in [-0.2, 0) is 0 Å². The van der Waals surface area contributed by atoms with Crippen LogP contribution < -0.4 is 11.3 Å². The molecule has 102 valence electrons. The van der Waals surface area contributed by atoms with Crippen molar-refractivity contribution in [2.45, 2.75) is 38.6 Å². The Bertz CT molecular complexity index is 540. The lowest BCUT2D eigenvalue weighted by Crippen LogP contribution is -2.35. The Hall–Kier alpha value is -1.39. The fourth-order valence-corrected chi connectivity index (χ4v) is 3.29. The zero-order valence-electron chi connectivity index (χ0n) is 11.4. The minimum Gasteiger partial charge on any atom is -0.271 e. The van der Waals surface area contributed by atoms with Crippen LogP contribution in [0.15, 0.2) is 30.6 Å². The largest absolute Gasteiger partial charge is 0.271 e. The maximum Gasteiger partial charge on any atom is 0.0710 e. The summed E-state index contributed by atoms with van der Waals surface area (Å²) in [7, 11) is 0. The van der Waals surface area contributed by atoms with Crippen molar-refractivity contribution in [1.29, 1.82) is 0 Å². The molecule has 2 aromatic rings. The molecule has 0 amide bonds. The normalized spacial score (nSPS) is 25.6. The SMILES string of the molecule is CC1CCC(C(NN)c2cnn3ccccc23)CC1. The molecule has 1 atom stereocenters. The molecular formula is C15H22N4. The summed E-state index contributed by atoms with van der Waals surface area (Å²) in [5.41, 5.74) is 5.41. The molecule has 0 radical (unpaired) electrons. The molecule has 0 aromatic carbocycles. The molecule has 0 bridgehead atoms. The van der Waals surface area contributed by atoms with Crippen LogP contribution in [0.5, 0.6) is 0 Å². The Kier molecular flexibility index (Phi) is 3.53. The van der Waals surface area contributed by atoms with E-state index in [1.165, 1.54) is 31.2 Å². The summed E-state index contributed by atoms with van der Waals surface area (Å²) in [6.07, 6.45) is 9.05. The van der Waals surface area contributed by atoms with Gasteiger partial charge in [-0.15, -0.1) is 0 Å². The summed E-state index contributed by atoms with van der Waals surface area (Å²) in [6.45, 7) is 2.34. The summed E-state index contributed by atoms with van der Waals surface area (Å²) in [6, 6.07) is 6.37. The van der Waals surface area contributed by atoms with Crippen LogP contribution in [0, 0.1) is 11.8 Å². The molecule has 0 aliphatic heterocycles. The number of nitrogens with zero attached hydrogens (tertiary/aromatic N) is 2. The Morgan fingerprint density at radius 3 is 2.84 bits per heavy atom. The molecule has 1 aliphatic rings. The first-order valence-electron chi connectivity index (χ1n) is 7.18. The van der Waals surface area contributed by atoms with Gasteiger partial charge >= 0.3 is 0 Å². The standard InChI is InChI=1S/C15H22N4/c1-11-5-7-12(8-6-11)15(18-16)13-10-17-19-9-3-2-4-14(13)19/h2-4,9-12,15,18H,5-8,16H2,1H3. The van der Waals surface area contributed by atoms with Crippen molar-refractivity contribution >= 4 is 5.52 Å². The molecule has 2 heterocycles. The average Bonchev–Trinajstić information content (AvgIpc) is 2.86. The van der Waals surface area contributed by atoms with E-state index < -0.39 is 0 Å². The fourth-order valence-electron chi connectivity index (χ4n) is 3.29. The predicted octanol–water partition coefficient (Wildman–Crippen LogP) is 2.67. The first-order chi connectivity index (χ1) is 9.29. The van der Waals surface area contributed by atoms with E-state index in [2.05, 4.69) is 29.6 Å². The van der Waals surface area contributed by atoms with Gasteiger partial charge in [0.15, 0.2) is 0 Å². The highest BCUT2D eigenvalue weighted by atomic mass is 15.3. The molecule has 2 aromatic heterocycles. The van der Waals surface area contributed by atoms with Crippen molar-refractivity contribution in [3.8, 4) is 0 Å². The number of aromatic nitrogens is 2. The molecule has 1 aliphatic carbocycles. The Morgan fingerprint density at radius 1 is 1.32 bits per heavy atom.